The van der Waals surface area contributed by atoms with Crippen molar-refractivity contribution in [2.75, 3.05) is 5.73 Å². The van der Waals surface area contributed by atoms with Crippen molar-refractivity contribution in [2.24, 2.45) is 0 Å². The number of hydrogen-bond acceptors (Lipinski definition) is 4. The normalized spacial score (nSPS) is 11.1. The zero-order valence-corrected chi connectivity index (χ0v) is 9.42. The van der Waals surface area contributed by atoms with Crippen LogP contribution in [-0.2, 0) is 6.54 Å². The maximum atomic E-state index is 5.93. The van der Waals surface area contributed by atoms with E-state index < -0.39 is 0 Å². The molecule has 3 aromatic rings. The van der Waals surface area contributed by atoms with Crippen LogP contribution in [0.15, 0.2) is 35.1 Å². The summed E-state index contributed by atoms with van der Waals surface area (Å²) in [4.78, 5) is 4.34. The van der Waals surface area contributed by atoms with Gasteiger partial charge in [0.1, 0.15) is 12.0 Å². The van der Waals surface area contributed by atoms with E-state index in [4.69, 9.17) is 10.3 Å². The first kappa shape index (κ1) is 9.89. The van der Waals surface area contributed by atoms with Crippen molar-refractivity contribution in [3.63, 3.8) is 0 Å². The molecule has 5 heteroatoms. The highest BCUT2D eigenvalue weighted by Gasteiger charge is 2.11. The largest absolute Gasteiger partial charge is 0.369 e. The molecule has 1 aromatic carbocycles. The predicted octanol–water partition coefficient (Wildman–Crippen LogP) is 1.96. The molecule has 17 heavy (non-hydrogen) atoms. The van der Waals surface area contributed by atoms with Crippen LogP contribution in [0.25, 0.3) is 11.0 Å². The van der Waals surface area contributed by atoms with Crippen LogP contribution in [0.4, 0.5) is 5.95 Å². The van der Waals surface area contributed by atoms with Crippen LogP contribution in [-0.4, -0.2) is 14.7 Å². The van der Waals surface area contributed by atoms with E-state index >= 15 is 0 Å². The highest BCUT2D eigenvalue weighted by molar-refractivity contribution is 5.81. The fraction of sp³-hybridized carbons (Fsp3) is 0.167. The second kappa shape index (κ2) is 3.62. The molecule has 0 spiro atoms. The van der Waals surface area contributed by atoms with Crippen molar-refractivity contribution < 1.29 is 4.52 Å². The number of benzene rings is 1. The Morgan fingerprint density at radius 2 is 2.24 bits per heavy atom. The van der Waals surface area contributed by atoms with Gasteiger partial charge < -0.3 is 14.8 Å². The standard InChI is InChI=1S/C12H12N4O/c1-8-3-2-4-10-11(8)16(12(13)14-10)7-9-5-6-17-15-9/h2-6H,7H2,1H3,(H2,13,14). The molecule has 5 nitrogen and oxygen atoms in total. The number of rotatable bonds is 2. The molecular weight excluding hydrogens is 216 g/mol. The number of nitrogens with zero attached hydrogens (tertiary/aromatic N) is 3. The summed E-state index contributed by atoms with van der Waals surface area (Å²) < 4.78 is 6.77. The van der Waals surface area contributed by atoms with Gasteiger partial charge in [-0.3, -0.25) is 0 Å². The zero-order valence-electron chi connectivity index (χ0n) is 9.42. The lowest BCUT2D eigenvalue weighted by Crippen LogP contribution is -2.05. The lowest BCUT2D eigenvalue weighted by atomic mass is 10.2. The summed E-state index contributed by atoms with van der Waals surface area (Å²) in [5.41, 5.74) is 9.87. The number of aromatic nitrogens is 3. The number of aryl methyl sites for hydroxylation is 1. The molecule has 0 aliphatic heterocycles. The number of nitrogen functional groups attached to an aromatic ring is 1. The summed E-state index contributed by atoms with van der Waals surface area (Å²) in [6.07, 6.45) is 1.55. The van der Waals surface area contributed by atoms with E-state index in [0.717, 1.165) is 22.3 Å². The topological polar surface area (TPSA) is 69.9 Å². The van der Waals surface area contributed by atoms with Gasteiger partial charge in [-0.05, 0) is 18.6 Å². The fourth-order valence-corrected chi connectivity index (χ4v) is 2.02. The zero-order chi connectivity index (χ0) is 11.8. The van der Waals surface area contributed by atoms with E-state index in [1.54, 1.807) is 6.26 Å². The lowest BCUT2D eigenvalue weighted by Gasteiger charge is -2.05. The molecule has 0 bridgehead atoms. The molecule has 3 rings (SSSR count). The van der Waals surface area contributed by atoms with Gasteiger partial charge in [0.2, 0.25) is 5.95 Å². The van der Waals surface area contributed by atoms with Gasteiger partial charge in [0, 0.05) is 6.07 Å². The second-order valence-corrected chi connectivity index (χ2v) is 3.99. The SMILES string of the molecule is Cc1cccc2nc(N)n(Cc3ccon3)c12. The first-order valence-electron chi connectivity index (χ1n) is 5.36. The summed E-state index contributed by atoms with van der Waals surface area (Å²) in [5, 5.41) is 3.89. The Hall–Kier alpha value is -2.30. The number of nitrogens with two attached hydrogens (primary N) is 1. The van der Waals surface area contributed by atoms with Gasteiger partial charge in [-0.1, -0.05) is 17.3 Å². The molecule has 0 aliphatic carbocycles. The molecule has 0 saturated heterocycles. The third-order valence-corrected chi connectivity index (χ3v) is 2.81. The average molecular weight is 228 g/mol. The molecule has 0 aliphatic rings. The summed E-state index contributed by atoms with van der Waals surface area (Å²) in [7, 11) is 0. The van der Waals surface area contributed by atoms with E-state index in [9.17, 15) is 0 Å². The van der Waals surface area contributed by atoms with Crippen molar-refractivity contribution in [2.45, 2.75) is 13.5 Å². The van der Waals surface area contributed by atoms with Gasteiger partial charge in [-0.15, -0.1) is 0 Å². The monoisotopic (exact) mass is 228 g/mol. The van der Waals surface area contributed by atoms with Gasteiger partial charge in [0.25, 0.3) is 0 Å². The molecule has 0 radical (unpaired) electrons. The van der Waals surface area contributed by atoms with Crippen molar-refractivity contribution in [3.8, 4) is 0 Å². The number of imidazole rings is 1. The van der Waals surface area contributed by atoms with Crippen LogP contribution in [0.3, 0.4) is 0 Å². The minimum atomic E-state index is 0.498. The quantitative estimate of drug-likeness (QED) is 0.728. The Kier molecular flexibility index (Phi) is 2.11. The van der Waals surface area contributed by atoms with Gasteiger partial charge in [0.05, 0.1) is 17.6 Å². The maximum Gasteiger partial charge on any atom is 0.201 e. The molecule has 86 valence electrons. The first-order chi connectivity index (χ1) is 8.25. The van der Waals surface area contributed by atoms with Crippen molar-refractivity contribution >= 4 is 17.0 Å². The van der Waals surface area contributed by atoms with E-state index in [2.05, 4.69) is 10.1 Å². The fourth-order valence-electron chi connectivity index (χ4n) is 2.02. The van der Waals surface area contributed by atoms with Crippen molar-refractivity contribution in [1.82, 2.24) is 14.7 Å². The molecule has 0 unspecified atom stereocenters. The molecule has 0 amide bonds. The van der Waals surface area contributed by atoms with E-state index in [1.165, 1.54) is 0 Å². The summed E-state index contributed by atoms with van der Waals surface area (Å²) in [6.45, 7) is 2.62. The van der Waals surface area contributed by atoms with Crippen LogP contribution in [0.5, 0.6) is 0 Å². The highest BCUT2D eigenvalue weighted by Crippen LogP contribution is 2.22. The molecular formula is C12H12N4O. The minimum Gasteiger partial charge on any atom is -0.369 e. The molecule has 0 atom stereocenters. The van der Waals surface area contributed by atoms with Crippen LogP contribution < -0.4 is 5.73 Å². The van der Waals surface area contributed by atoms with Crippen LogP contribution >= 0.6 is 0 Å². The van der Waals surface area contributed by atoms with Gasteiger partial charge >= 0.3 is 0 Å². The maximum absolute atomic E-state index is 5.93. The Balaban J connectivity index is 2.18. The number of para-hydroxylation sites is 1. The third kappa shape index (κ3) is 1.56. The Morgan fingerprint density at radius 3 is 3.00 bits per heavy atom. The first-order valence-corrected chi connectivity index (χ1v) is 5.36. The molecule has 2 aromatic heterocycles. The smallest absolute Gasteiger partial charge is 0.201 e. The summed E-state index contributed by atoms with van der Waals surface area (Å²) in [5.74, 6) is 0.498. The van der Waals surface area contributed by atoms with Gasteiger partial charge in [0.15, 0.2) is 0 Å². The molecule has 0 saturated carbocycles. The van der Waals surface area contributed by atoms with Crippen molar-refractivity contribution in [1.29, 1.82) is 0 Å². The Labute approximate surface area is 97.8 Å². The summed E-state index contributed by atoms with van der Waals surface area (Å²) in [6, 6.07) is 7.80. The number of anilines is 1. The highest BCUT2D eigenvalue weighted by atomic mass is 16.5. The minimum absolute atomic E-state index is 0.498. The van der Waals surface area contributed by atoms with Crippen LogP contribution in [0.2, 0.25) is 0 Å². The Morgan fingerprint density at radius 1 is 1.35 bits per heavy atom. The van der Waals surface area contributed by atoms with Gasteiger partial charge in [-0.25, -0.2) is 4.98 Å². The number of hydrogen-bond donors (Lipinski definition) is 1. The van der Waals surface area contributed by atoms with Crippen LogP contribution in [0.1, 0.15) is 11.3 Å². The van der Waals surface area contributed by atoms with E-state index in [1.807, 2.05) is 35.8 Å². The Bertz CT molecular complexity index is 655. The lowest BCUT2D eigenvalue weighted by molar-refractivity contribution is 0.410. The van der Waals surface area contributed by atoms with Crippen molar-refractivity contribution in [3.05, 3.63) is 41.8 Å². The predicted molar refractivity (Wildman–Crippen MR) is 64.5 cm³/mol. The van der Waals surface area contributed by atoms with Gasteiger partial charge in [-0.2, -0.15) is 0 Å². The third-order valence-electron chi connectivity index (χ3n) is 2.81. The molecule has 2 N–H and O–H groups in total. The number of fused-ring (bicyclic) bond motifs is 1. The molecule has 0 fully saturated rings. The van der Waals surface area contributed by atoms with E-state index in [0.29, 0.717) is 12.5 Å². The summed E-state index contributed by atoms with van der Waals surface area (Å²) >= 11 is 0. The molecule has 2 heterocycles. The second-order valence-electron chi connectivity index (χ2n) is 3.99. The van der Waals surface area contributed by atoms with Crippen LogP contribution in [0, 0.1) is 6.92 Å². The van der Waals surface area contributed by atoms with E-state index in [-0.39, 0.29) is 0 Å². The average Bonchev–Trinajstić information content (AvgIpc) is 2.89.